The number of hydrogen-bond donors (Lipinski definition) is 2. The highest BCUT2D eigenvalue weighted by Gasteiger charge is 2.29. The lowest BCUT2D eigenvalue weighted by molar-refractivity contribution is 0.0937. The highest BCUT2D eigenvalue weighted by atomic mass is 16.2. The molecule has 1 aliphatic carbocycles. The molecule has 2 aromatic heterocycles. The third-order valence-corrected chi connectivity index (χ3v) is 5.43. The van der Waals surface area contributed by atoms with Gasteiger partial charge in [0.1, 0.15) is 0 Å². The Morgan fingerprint density at radius 2 is 2.17 bits per heavy atom. The standard InChI is InChI=1S/C18H25N5O/c24-18(17-21-15-7-4-9-19-16(15)22-17)20-11-13-8-10-23(12-13)14-5-2-1-3-6-14/h4,7,9,13-14H,1-3,5-6,8,10-12H2,(H,20,24)(H,19,21,22). The first-order valence-corrected chi connectivity index (χ1v) is 9.12. The Bertz CT molecular complexity index is 673. The minimum Gasteiger partial charge on any atom is -0.349 e. The van der Waals surface area contributed by atoms with E-state index in [1.807, 2.05) is 12.1 Å². The van der Waals surface area contributed by atoms with Gasteiger partial charge in [-0.3, -0.25) is 4.79 Å². The first kappa shape index (κ1) is 15.6. The number of pyridine rings is 1. The Balaban J connectivity index is 1.29. The second-order valence-electron chi connectivity index (χ2n) is 7.11. The van der Waals surface area contributed by atoms with Gasteiger partial charge in [-0.05, 0) is 43.9 Å². The van der Waals surface area contributed by atoms with Gasteiger partial charge in [0.05, 0.1) is 5.52 Å². The summed E-state index contributed by atoms with van der Waals surface area (Å²) in [5, 5.41) is 3.04. The van der Waals surface area contributed by atoms with E-state index in [1.54, 1.807) is 6.20 Å². The lowest BCUT2D eigenvalue weighted by atomic mass is 9.94. The van der Waals surface area contributed by atoms with E-state index in [0.717, 1.165) is 24.6 Å². The van der Waals surface area contributed by atoms with Gasteiger partial charge in [-0.25, -0.2) is 9.97 Å². The number of aromatic nitrogens is 3. The van der Waals surface area contributed by atoms with Crippen LogP contribution in [0.1, 0.15) is 49.1 Å². The molecule has 1 unspecified atom stereocenters. The molecule has 0 bridgehead atoms. The fraction of sp³-hybridized carbons (Fsp3) is 0.611. The third-order valence-electron chi connectivity index (χ3n) is 5.43. The lowest BCUT2D eigenvalue weighted by Crippen LogP contribution is -2.36. The van der Waals surface area contributed by atoms with Crippen LogP contribution >= 0.6 is 0 Å². The predicted molar refractivity (Wildman–Crippen MR) is 92.8 cm³/mol. The zero-order valence-corrected chi connectivity index (χ0v) is 14.0. The Labute approximate surface area is 142 Å². The molecular formula is C18H25N5O. The minimum absolute atomic E-state index is 0.135. The second kappa shape index (κ2) is 6.89. The number of rotatable bonds is 4. The van der Waals surface area contributed by atoms with Gasteiger partial charge < -0.3 is 15.2 Å². The largest absolute Gasteiger partial charge is 0.349 e. The molecule has 2 fully saturated rings. The number of nitrogens with zero attached hydrogens (tertiary/aromatic N) is 3. The van der Waals surface area contributed by atoms with Crippen molar-refractivity contribution in [3.63, 3.8) is 0 Å². The molecule has 2 aliphatic rings. The monoisotopic (exact) mass is 327 g/mol. The SMILES string of the molecule is O=C(NCC1CCN(C2CCCCC2)C1)c1nc2ncccc2[nH]1. The van der Waals surface area contributed by atoms with E-state index < -0.39 is 0 Å². The van der Waals surface area contributed by atoms with Crippen LogP contribution in [-0.2, 0) is 0 Å². The summed E-state index contributed by atoms with van der Waals surface area (Å²) in [6.45, 7) is 3.03. The summed E-state index contributed by atoms with van der Waals surface area (Å²) >= 11 is 0. The molecule has 1 amide bonds. The molecule has 2 aromatic rings. The number of carbonyl (C=O) groups excluding carboxylic acids is 1. The number of fused-ring (bicyclic) bond motifs is 1. The maximum absolute atomic E-state index is 12.3. The Morgan fingerprint density at radius 1 is 1.29 bits per heavy atom. The first-order valence-electron chi connectivity index (χ1n) is 9.12. The van der Waals surface area contributed by atoms with Gasteiger partial charge in [-0.15, -0.1) is 0 Å². The zero-order chi connectivity index (χ0) is 16.4. The van der Waals surface area contributed by atoms with Crippen molar-refractivity contribution in [1.82, 2.24) is 25.2 Å². The number of likely N-dealkylation sites (tertiary alicyclic amines) is 1. The van der Waals surface area contributed by atoms with E-state index in [-0.39, 0.29) is 5.91 Å². The quantitative estimate of drug-likeness (QED) is 0.904. The fourth-order valence-corrected chi connectivity index (χ4v) is 4.08. The molecule has 6 nitrogen and oxygen atoms in total. The van der Waals surface area contributed by atoms with Gasteiger partial charge in [0.25, 0.3) is 5.91 Å². The number of amides is 1. The summed E-state index contributed by atoms with van der Waals surface area (Å²) in [4.78, 5) is 26.4. The van der Waals surface area contributed by atoms with E-state index in [2.05, 4.69) is 25.2 Å². The molecule has 1 saturated heterocycles. The van der Waals surface area contributed by atoms with Gasteiger partial charge in [0, 0.05) is 25.3 Å². The van der Waals surface area contributed by atoms with Crippen molar-refractivity contribution in [2.75, 3.05) is 19.6 Å². The first-order chi connectivity index (χ1) is 11.8. The van der Waals surface area contributed by atoms with Gasteiger partial charge in [0.2, 0.25) is 0 Å². The van der Waals surface area contributed by atoms with Crippen molar-refractivity contribution in [2.45, 2.75) is 44.6 Å². The Kier molecular flexibility index (Phi) is 4.47. The Hall–Kier alpha value is -1.95. The Morgan fingerprint density at radius 3 is 3.00 bits per heavy atom. The van der Waals surface area contributed by atoms with Crippen LogP contribution in [0.4, 0.5) is 0 Å². The van der Waals surface area contributed by atoms with E-state index in [9.17, 15) is 4.79 Å². The summed E-state index contributed by atoms with van der Waals surface area (Å²) in [5.74, 6) is 0.772. The lowest BCUT2D eigenvalue weighted by Gasteiger charge is -2.31. The molecule has 6 heteroatoms. The van der Waals surface area contributed by atoms with Crippen LogP contribution < -0.4 is 5.32 Å². The number of nitrogens with one attached hydrogen (secondary N) is 2. The molecule has 24 heavy (non-hydrogen) atoms. The maximum Gasteiger partial charge on any atom is 0.287 e. The molecule has 3 heterocycles. The molecule has 1 aliphatic heterocycles. The minimum atomic E-state index is -0.135. The highest BCUT2D eigenvalue weighted by Crippen LogP contribution is 2.27. The number of H-pyrrole nitrogens is 1. The van der Waals surface area contributed by atoms with Crippen molar-refractivity contribution >= 4 is 17.1 Å². The highest BCUT2D eigenvalue weighted by molar-refractivity contribution is 5.93. The van der Waals surface area contributed by atoms with Crippen molar-refractivity contribution < 1.29 is 4.79 Å². The van der Waals surface area contributed by atoms with Crippen LogP contribution in [0.25, 0.3) is 11.2 Å². The number of imidazole rings is 1. The third kappa shape index (κ3) is 3.29. The summed E-state index contributed by atoms with van der Waals surface area (Å²) in [7, 11) is 0. The van der Waals surface area contributed by atoms with Crippen molar-refractivity contribution in [3.05, 3.63) is 24.2 Å². The number of aromatic amines is 1. The van der Waals surface area contributed by atoms with E-state index in [1.165, 1.54) is 45.1 Å². The van der Waals surface area contributed by atoms with Crippen LogP contribution in [0.3, 0.4) is 0 Å². The smallest absolute Gasteiger partial charge is 0.287 e. The fourth-order valence-electron chi connectivity index (χ4n) is 4.08. The van der Waals surface area contributed by atoms with Crippen LogP contribution in [0, 0.1) is 5.92 Å². The van der Waals surface area contributed by atoms with Crippen LogP contribution in [0.5, 0.6) is 0 Å². The molecule has 1 saturated carbocycles. The summed E-state index contributed by atoms with van der Waals surface area (Å²) in [6, 6.07) is 4.49. The van der Waals surface area contributed by atoms with Gasteiger partial charge in [0.15, 0.2) is 11.5 Å². The molecule has 2 N–H and O–H groups in total. The zero-order valence-electron chi connectivity index (χ0n) is 14.0. The second-order valence-corrected chi connectivity index (χ2v) is 7.11. The number of hydrogen-bond acceptors (Lipinski definition) is 4. The molecular weight excluding hydrogens is 302 g/mol. The van der Waals surface area contributed by atoms with Crippen LogP contribution in [0.15, 0.2) is 18.3 Å². The molecule has 0 aromatic carbocycles. The molecule has 4 rings (SSSR count). The van der Waals surface area contributed by atoms with Crippen LogP contribution in [-0.4, -0.2) is 51.4 Å². The molecule has 0 spiro atoms. The molecule has 128 valence electrons. The van der Waals surface area contributed by atoms with E-state index in [4.69, 9.17) is 0 Å². The van der Waals surface area contributed by atoms with Gasteiger partial charge in [-0.2, -0.15) is 0 Å². The summed E-state index contributed by atoms with van der Waals surface area (Å²) in [6.07, 6.45) is 9.72. The normalized spacial score (nSPS) is 22.9. The number of carbonyl (C=O) groups is 1. The summed E-state index contributed by atoms with van der Waals surface area (Å²) < 4.78 is 0. The van der Waals surface area contributed by atoms with Gasteiger partial charge >= 0.3 is 0 Å². The van der Waals surface area contributed by atoms with Crippen molar-refractivity contribution in [3.8, 4) is 0 Å². The summed E-state index contributed by atoms with van der Waals surface area (Å²) in [5.41, 5.74) is 1.39. The maximum atomic E-state index is 12.3. The average molecular weight is 327 g/mol. The van der Waals surface area contributed by atoms with E-state index in [0.29, 0.717) is 17.4 Å². The van der Waals surface area contributed by atoms with Gasteiger partial charge in [-0.1, -0.05) is 19.3 Å². The van der Waals surface area contributed by atoms with Crippen LogP contribution in [0.2, 0.25) is 0 Å². The average Bonchev–Trinajstić information content (AvgIpc) is 3.27. The topological polar surface area (TPSA) is 73.9 Å². The van der Waals surface area contributed by atoms with Crippen molar-refractivity contribution in [1.29, 1.82) is 0 Å². The predicted octanol–water partition coefficient (Wildman–Crippen LogP) is 2.34. The molecule has 0 radical (unpaired) electrons. The van der Waals surface area contributed by atoms with E-state index >= 15 is 0 Å². The van der Waals surface area contributed by atoms with Crippen molar-refractivity contribution in [2.24, 2.45) is 5.92 Å². The molecule has 1 atom stereocenters.